The number of carbonyl (C=O) groups excluding carboxylic acids is 1. The fourth-order valence-electron chi connectivity index (χ4n) is 3.61. The Morgan fingerprint density at radius 3 is 2.23 bits per heavy atom. The summed E-state index contributed by atoms with van der Waals surface area (Å²) >= 11 is 0. The second-order valence-corrected chi connectivity index (χ2v) is 6.72. The second kappa shape index (κ2) is 4.90. The Labute approximate surface area is 130 Å². The van der Waals surface area contributed by atoms with E-state index in [-0.39, 0.29) is 11.7 Å². The quantitative estimate of drug-likeness (QED) is 0.851. The average molecular weight is 298 g/mol. The lowest BCUT2D eigenvalue weighted by Crippen LogP contribution is -2.52. The largest absolute Gasteiger partial charge is 0.385 e. The van der Waals surface area contributed by atoms with Gasteiger partial charge in [-0.1, -0.05) is 25.1 Å². The number of fused-ring (bicyclic) bond motifs is 2. The minimum atomic E-state index is -1.69. The zero-order valence-corrected chi connectivity index (χ0v) is 13.5. The molecule has 22 heavy (non-hydrogen) atoms. The lowest BCUT2D eigenvalue weighted by atomic mass is 9.69. The van der Waals surface area contributed by atoms with Gasteiger partial charge in [-0.15, -0.1) is 0 Å². The second-order valence-electron chi connectivity index (χ2n) is 6.72. The molecule has 2 aromatic carbocycles. The number of rotatable bonds is 1. The third-order valence-electron chi connectivity index (χ3n) is 5.26. The van der Waals surface area contributed by atoms with Crippen LogP contribution in [0.1, 0.15) is 42.2 Å². The summed E-state index contributed by atoms with van der Waals surface area (Å²) in [5.74, 6) is -0.685. The lowest BCUT2D eigenvalue weighted by Gasteiger charge is -2.41. The van der Waals surface area contributed by atoms with Crippen LogP contribution >= 0.6 is 0 Å². The molecule has 2 N–H and O–H groups in total. The SMILES string of the molecule is CC(=O)[C@@]1(O)[C@H](O)c2cc3cc(C)c(C)cc3cc2C[C@@H]1C. The van der Waals surface area contributed by atoms with E-state index in [9.17, 15) is 15.0 Å². The maximum absolute atomic E-state index is 11.9. The van der Waals surface area contributed by atoms with E-state index >= 15 is 0 Å². The summed E-state index contributed by atoms with van der Waals surface area (Å²) in [6.07, 6.45) is -0.583. The molecule has 3 heteroatoms. The van der Waals surface area contributed by atoms with Crippen molar-refractivity contribution in [1.82, 2.24) is 0 Å². The highest BCUT2D eigenvalue weighted by Gasteiger charge is 2.49. The summed E-state index contributed by atoms with van der Waals surface area (Å²) in [4.78, 5) is 11.9. The lowest BCUT2D eigenvalue weighted by molar-refractivity contribution is -0.161. The summed E-state index contributed by atoms with van der Waals surface area (Å²) in [6, 6.07) is 8.23. The highest BCUT2D eigenvalue weighted by atomic mass is 16.4. The molecule has 0 saturated carbocycles. The van der Waals surface area contributed by atoms with Crippen LogP contribution in [-0.4, -0.2) is 21.6 Å². The van der Waals surface area contributed by atoms with Crippen molar-refractivity contribution in [3.8, 4) is 0 Å². The van der Waals surface area contributed by atoms with Crippen molar-refractivity contribution in [1.29, 1.82) is 0 Å². The smallest absolute Gasteiger partial charge is 0.164 e. The van der Waals surface area contributed by atoms with Gasteiger partial charge in [0.15, 0.2) is 11.4 Å². The predicted molar refractivity (Wildman–Crippen MR) is 86.9 cm³/mol. The maximum atomic E-state index is 11.9. The van der Waals surface area contributed by atoms with E-state index in [2.05, 4.69) is 32.0 Å². The number of hydrogen-bond acceptors (Lipinski definition) is 3. The molecule has 116 valence electrons. The molecule has 0 fully saturated rings. The molecular formula is C19H22O3. The molecule has 0 unspecified atom stereocenters. The Morgan fingerprint density at radius 1 is 1.14 bits per heavy atom. The number of aliphatic hydroxyl groups is 2. The minimum Gasteiger partial charge on any atom is -0.385 e. The average Bonchev–Trinajstić information content (AvgIpc) is 2.45. The van der Waals surface area contributed by atoms with Crippen LogP contribution < -0.4 is 0 Å². The van der Waals surface area contributed by atoms with Crippen LogP contribution in [0.15, 0.2) is 24.3 Å². The van der Waals surface area contributed by atoms with Crippen LogP contribution in [0.25, 0.3) is 10.8 Å². The molecule has 0 bridgehead atoms. The Bertz CT molecular complexity index is 778. The van der Waals surface area contributed by atoms with Crippen LogP contribution in [0, 0.1) is 19.8 Å². The molecule has 0 heterocycles. The highest BCUT2D eigenvalue weighted by Crippen LogP contribution is 2.43. The number of aliphatic hydroxyl groups excluding tert-OH is 1. The Hall–Kier alpha value is -1.71. The van der Waals surface area contributed by atoms with Crippen molar-refractivity contribution in [3.63, 3.8) is 0 Å². The van der Waals surface area contributed by atoms with Crippen molar-refractivity contribution in [2.24, 2.45) is 5.92 Å². The molecule has 3 atom stereocenters. The summed E-state index contributed by atoms with van der Waals surface area (Å²) in [7, 11) is 0. The van der Waals surface area contributed by atoms with Gasteiger partial charge in [0.2, 0.25) is 0 Å². The number of Topliss-reactive ketones (excluding diaryl/α,β-unsaturated/α-hetero) is 1. The fraction of sp³-hybridized carbons (Fsp3) is 0.421. The number of carbonyl (C=O) groups is 1. The van der Waals surface area contributed by atoms with Crippen LogP contribution in [-0.2, 0) is 11.2 Å². The Morgan fingerprint density at radius 2 is 1.68 bits per heavy atom. The van der Waals surface area contributed by atoms with Gasteiger partial charge in [0, 0.05) is 0 Å². The minimum absolute atomic E-state index is 0.309. The number of benzene rings is 2. The third-order valence-corrected chi connectivity index (χ3v) is 5.26. The van der Waals surface area contributed by atoms with Gasteiger partial charge in [-0.25, -0.2) is 0 Å². The van der Waals surface area contributed by atoms with Crippen molar-refractivity contribution in [2.45, 2.75) is 45.8 Å². The van der Waals surface area contributed by atoms with Crippen molar-refractivity contribution < 1.29 is 15.0 Å². The van der Waals surface area contributed by atoms with E-state index in [4.69, 9.17) is 0 Å². The molecular weight excluding hydrogens is 276 g/mol. The van der Waals surface area contributed by atoms with Crippen LogP contribution in [0.3, 0.4) is 0 Å². The molecule has 2 aromatic rings. The molecule has 0 aliphatic heterocycles. The maximum Gasteiger partial charge on any atom is 0.164 e. The van der Waals surface area contributed by atoms with Gasteiger partial charge in [0.1, 0.15) is 6.10 Å². The first-order valence-corrected chi connectivity index (χ1v) is 7.70. The summed E-state index contributed by atoms with van der Waals surface area (Å²) in [5.41, 5.74) is 2.42. The van der Waals surface area contributed by atoms with Crippen LogP contribution in [0.4, 0.5) is 0 Å². The third kappa shape index (κ3) is 2.00. The van der Waals surface area contributed by atoms with Crippen molar-refractivity contribution in [3.05, 3.63) is 46.5 Å². The van der Waals surface area contributed by atoms with E-state index < -0.39 is 11.7 Å². The van der Waals surface area contributed by atoms with Gasteiger partial charge in [0.25, 0.3) is 0 Å². The van der Waals surface area contributed by atoms with E-state index in [1.54, 1.807) is 0 Å². The Kier molecular flexibility index (Phi) is 3.38. The van der Waals surface area contributed by atoms with Crippen LogP contribution in [0.2, 0.25) is 0 Å². The van der Waals surface area contributed by atoms with Gasteiger partial charge < -0.3 is 10.2 Å². The van der Waals surface area contributed by atoms with Crippen molar-refractivity contribution in [2.75, 3.05) is 0 Å². The summed E-state index contributed by atoms with van der Waals surface area (Å²) in [6.45, 7) is 7.30. The topological polar surface area (TPSA) is 57.5 Å². The first-order chi connectivity index (χ1) is 10.2. The normalized spacial score (nSPS) is 27.7. The molecule has 0 saturated heterocycles. The fourth-order valence-corrected chi connectivity index (χ4v) is 3.61. The van der Waals surface area contributed by atoms with Crippen LogP contribution in [0.5, 0.6) is 0 Å². The monoisotopic (exact) mass is 298 g/mol. The molecule has 0 amide bonds. The highest BCUT2D eigenvalue weighted by molar-refractivity contribution is 5.89. The molecule has 0 spiro atoms. The Balaban J connectivity index is 2.23. The van der Waals surface area contributed by atoms with Gasteiger partial charge in [0.05, 0.1) is 0 Å². The van der Waals surface area contributed by atoms with E-state index in [0.717, 1.165) is 16.3 Å². The zero-order chi connectivity index (χ0) is 16.2. The van der Waals surface area contributed by atoms with Gasteiger partial charge in [-0.05, 0) is 72.2 Å². The van der Waals surface area contributed by atoms with Gasteiger partial charge in [-0.2, -0.15) is 0 Å². The molecule has 0 radical (unpaired) electrons. The number of aryl methyl sites for hydroxylation is 2. The van der Waals surface area contributed by atoms with E-state index in [1.165, 1.54) is 18.1 Å². The molecule has 1 aliphatic carbocycles. The van der Waals surface area contributed by atoms with E-state index in [1.807, 2.05) is 13.0 Å². The van der Waals surface area contributed by atoms with Gasteiger partial charge >= 0.3 is 0 Å². The standard InChI is InChI=1S/C19H22O3/c1-10-5-14-8-16-7-12(3)19(22,13(4)20)18(21)17(16)9-15(14)6-11(10)2/h5-6,8-9,12,18,21-22H,7H2,1-4H3/t12-,18+,19+/m0/s1. The molecule has 3 nitrogen and oxygen atoms in total. The summed E-state index contributed by atoms with van der Waals surface area (Å²) < 4.78 is 0. The first-order valence-electron chi connectivity index (χ1n) is 7.70. The molecule has 0 aromatic heterocycles. The predicted octanol–water partition coefficient (Wildman–Crippen LogP) is 3.00. The zero-order valence-electron chi connectivity index (χ0n) is 13.5. The molecule has 1 aliphatic rings. The van der Waals surface area contributed by atoms with Crippen molar-refractivity contribution >= 4 is 16.6 Å². The number of ketones is 1. The summed E-state index contributed by atoms with van der Waals surface area (Å²) in [5, 5.41) is 23.5. The van der Waals surface area contributed by atoms with Gasteiger partial charge in [-0.3, -0.25) is 4.79 Å². The molecule has 3 rings (SSSR count). The van der Waals surface area contributed by atoms with E-state index in [0.29, 0.717) is 12.0 Å². The first kappa shape index (κ1) is 15.2. The number of hydrogen-bond donors (Lipinski definition) is 2.